The number of nitrogens with zero attached hydrogens (tertiary/aromatic N) is 1. The highest BCUT2D eigenvalue weighted by Crippen LogP contribution is 2.29. The van der Waals surface area contributed by atoms with Crippen molar-refractivity contribution < 1.29 is 22.7 Å². The van der Waals surface area contributed by atoms with Gasteiger partial charge in [0.15, 0.2) is 9.84 Å². The van der Waals surface area contributed by atoms with Crippen LogP contribution >= 0.6 is 0 Å². The maximum absolute atomic E-state index is 13.4. The van der Waals surface area contributed by atoms with Crippen LogP contribution in [0.2, 0.25) is 0 Å². The monoisotopic (exact) mass is 478 g/mol. The Labute approximate surface area is 197 Å². The smallest absolute Gasteiger partial charge is 0.248 e. The first kappa shape index (κ1) is 25.7. The fourth-order valence-corrected chi connectivity index (χ4v) is 7.19. The summed E-state index contributed by atoms with van der Waals surface area (Å²) >= 11 is 0. The van der Waals surface area contributed by atoms with Crippen molar-refractivity contribution in [3.05, 3.63) is 29.8 Å². The first-order chi connectivity index (χ1) is 15.8. The number of amides is 1. The van der Waals surface area contributed by atoms with Crippen LogP contribution in [0.3, 0.4) is 0 Å². The topological polar surface area (TPSA) is 107 Å². The van der Waals surface area contributed by atoms with Gasteiger partial charge in [-0.3, -0.25) is 14.6 Å². The summed E-state index contributed by atoms with van der Waals surface area (Å²) in [5.74, 6) is 4.18. The zero-order valence-corrected chi connectivity index (χ0v) is 20.5. The van der Waals surface area contributed by atoms with Crippen LogP contribution in [0, 0.1) is 17.8 Å². The minimum Gasteiger partial charge on any atom is -0.497 e. The van der Waals surface area contributed by atoms with Crippen LogP contribution in [0.25, 0.3) is 0 Å². The summed E-state index contributed by atoms with van der Waals surface area (Å²) in [4.78, 5) is 26.7. The van der Waals surface area contributed by atoms with E-state index >= 15 is 0 Å². The van der Waals surface area contributed by atoms with Crippen LogP contribution in [-0.4, -0.2) is 43.7 Å². The number of ketones is 1. The molecule has 0 spiro atoms. The van der Waals surface area contributed by atoms with Gasteiger partial charge in [-0.05, 0) is 49.3 Å². The molecule has 2 N–H and O–H groups in total. The van der Waals surface area contributed by atoms with Crippen LogP contribution in [-0.2, 0) is 26.0 Å². The highest BCUT2D eigenvalue weighted by Gasteiger charge is 2.38. The molecule has 33 heavy (non-hydrogen) atoms. The lowest BCUT2D eigenvalue weighted by molar-refractivity contribution is -0.143. The molecule has 0 radical (unpaired) electrons. The van der Waals surface area contributed by atoms with E-state index in [4.69, 9.17) is 10.6 Å². The summed E-state index contributed by atoms with van der Waals surface area (Å²) in [6.07, 6.45) is 9.40. The van der Waals surface area contributed by atoms with E-state index in [-0.39, 0.29) is 29.9 Å². The molecule has 1 amide bonds. The molecule has 1 atom stereocenters. The molecule has 0 bridgehead atoms. The molecule has 8 heteroatoms. The lowest BCUT2D eigenvalue weighted by atomic mass is 9.82. The fraction of sp³-hybridized carbons (Fsp3) is 0.680. The SMILES string of the molecule is COc1ccc(CN(N)C(=O)[C@H](CS(=O)(=O)CC2CCCCC2)C(=O)C2CCCCC2)cc1. The Hall–Kier alpha value is -1.93. The van der Waals surface area contributed by atoms with E-state index in [1.165, 1.54) is 0 Å². The molecule has 184 valence electrons. The Bertz CT molecular complexity index is 888. The number of ether oxygens (including phenoxy) is 1. The largest absolute Gasteiger partial charge is 0.497 e. The molecule has 1 aromatic carbocycles. The molecule has 0 aliphatic heterocycles. The molecule has 2 aliphatic rings. The van der Waals surface area contributed by atoms with E-state index in [1.54, 1.807) is 31.4 Å². The van der Waals surface area contributed by atoms with Crippen molar-refractivity contribution in [2.45, 2.75) is 70.8 Å². The third kappa shape index (κ3) is 7.54. The van der Waals surface area contributed by atoms with Gasteiger partial charge in [0, 0.05) is 5.92 Å². The first-order valence-corrected chi connectivity index (χ1v) is 14.0. The Kier molecular flexibility index (Phi) is 9.32. The van der Waals surface area contributed by atoms with Gasteiger partial charge >= 0.3 is 0 Å². The molecule has 0 saturated heterocycles. The molecule has 2 aliphatic carbocycles. The molecular weight excluding hydrogens is 440 g/mol. The number of hydrogen-bond acceptors (Lipinski definition) is 6. The predicted octanol–water partition coefficient (Wildman–Crippen LogP) is 3.66. The molecule has 2 saturated carbocycles. The highest BCUT2D eigenvalue weighted by atomic mass is 32.2. The molecule has 2 fully saturated rings. The van der Waals surface area contributed by atoms with Crippen molar-refractivity contribution in [1.82, 2.24) is 5.01 Å². The van der Waals surface area contributed by atoms with Gasteiger partial charge in [0.05, 0.1) is 25.2 Å². The summed E-state index contributed by atoms with van der Waals surface area (Å²) in [6, 6.07) is 7.13. The molecule has 0 heterocycles. The lowest BCUT2D eigenvalue weighted by Crippen LogP contribution is -2.47. The normalized spacial score (nSPS) is 19.1. The zero-order valence-electron chi connectivity index (χ0n) is 19.7. The Morgan fingerprint density at radius 2 is 1.58 bits per heavy atom. The number of nitrogens with two attached hydrogens (primary N) is 1. The van der Waals surface area contributed by atoms with Crippen LogP contribution in [0.15, 0.2) is 24.3 Å². The van der Waals surface area contributed by atoms with Gasteiger partial charge in [-0.1, -0.05) is 50.7 Å². The van der Waals surface area contributed by atoms with Gasteiger partial charge in [0.2, 0.25) is 5.91 Å². The molecule has 1 aromatic rings. The van der Waals surface area contributed by atoms with Gasteiger partial charge in [-0.2, -0.15) is 0 Å². The second kappa shape index (κ2) is 12.0. The highest BCUT2D eigenvalue weighted by molar-refractivity contribution is 7.91. The number of carbonyl (C=O) groups excluding carboxylic acids is 2. The van der Waals surface area contributed by atoms with E-state index in [9.17, 15) is 18.0 Å². The zero-order chi connectivity index (χ0) is 23.8. The predicted molar refractivity (Wildman–Crippen MR) is 128 cm³/mol. The van der Waals surface area contributed by atoms with Gasteiger partial charge in [-0.25, -0.2) is 14.3 Å². The van der Waals surface area contributed by atoms with Crippen molar-refractivity contribution in [3.8, 4) is 5.75 Å². The number of hydrazine groups is 1. The molecule has 0 unspecified atom stereocenters. The summed E-state index contributed by atoms with van der Waals surface area (Å²) < 4.78 is 31.3. The molecule has 7 nitrogen and oxygen atoms in total. The van der Waals surface area contributed by atoms with Gasteiger partial charge < -0.3 is 4.74 Å². The first-order valence-electron chi connectivity index (χ1n) is 12.2. The van der Waals surface area contributed by atoms with Crippen LogP contribution in [0.5, 0.6) is 5.75 Å². The average Bonchev–Trinajstić information content (AvgIpc) is 2.83. The van der Waals surface area contributed by atoms with E-state index in [2.05, 4.69) is 0 Å². The minimum atomic E-state index is -3.56. The number of hydrogen-bond donors (Lipinski definition) is 1. The average molecular weight is 479 g/mol. The second-order valence-corrected chi connectivity index (χ2v) is 11.8. The van der Waals surface area contributed by atoms with Crippen molar-refractivity contribution in [3.63, 3.8) is 0 Å². The van der Waals surface area contributed by atoms with Crippen LogP contribution in [0.4, 0.5) is 0 Å². The minimum absolute atomic E-state index is 0.0534. The van der Waals surface area contributed by atoms with Gasteiger partial charge in [0.25, 0.3) is 0 Å². The number of benzene rings is 1. The maximum Gasteiger partial charge on any atom is 0.248 e. The fourth-order valence-electron chi connectivity index (χ4n) is 5.19. The third-order valence-corrected chi connectivity index (χ3v) is 8.90. The second-order valence-electron chi connectivity index (χ2n) is 9.69. The van der Waals surface area contributed by atoms with E-state index in [1.807, 2.05) is 0 Å². The van der Waals surface area contributed by atoms with E-state index < -0.39 is 27.4 Å². The molecule has 0 aromatic heterocycles. The van der Waals surface area contributed by atoms with E-state index in [0.717, 1.165) is 61.9 Å². The summed E-state index contributed by atoms with van der Waals surface area (Å²) in [5, 5.41) is 1.00. The lowest BCUT2D eigenvalue weighted by Gasteiger charge is -2.28. The Morgan fingerprint density at radius 1 is 1.00 bits per heavy atom. The third-order valence-electron chi connectivity index (χ3n) is 7.08. The van der Waals surface area contributed by atoms with Gasteiger partial charge in [0.1, 0.15) is 17.5 Å². The standard InChI is InChI=1S/C25H38N2O5S/c1-32-22-14-12-19(13-15-22)16-27(26)25(29)23(24(28)21-10-6-3-7-11-21)18-33(30,31)17-20-8-4-2-5-9-20/h12-15,20-21,23H,2-11,16-18,26H2,1H3/t23-/m1/s1. The Balaban J connectivity index is 1.74. The molecule has 3 rings (SSSR count). The summed E-state index contributed by atoms with van der Waals surface area (Å²) in [7, 11) is -1.99. The van der Waals surface area contributed by atoms with Crippen molar-refractivity contribution in [2.75, 3.05) is 18.6 Å². The van der Waals surface area contributed by atoms with E-state index in [0.29, 0.717) is 18.6 Å². The molecular formula is C25H38N2O5S. The van der Waals surface area contributed by atoms with Gasteiger partial charge in [-0.15, -0.1) is 0 Å². The summed E-state index contributed by atoms with van der Waals surface area (Å²) in [5.41, 5.74) is 0.778. The van der Waals surface area contributed by atoms with Crippen LogP contribution < -0.4 is 10.6 Å². The van der Waals surface area contributed by atoms with Crippen LogP contribution in [0.1, 0.15) is 69.8 Å². The maximum atomic E-state index is 13.4. The number of carbonyl (C=O) groups is 2. The van der Waals surface area contributed by atoms with Crippen molar-refractivity contribution in [1.29, 1.82) is 0 Å². The number of methoxy groups -OCH3 is 1. The number of Topliss-reactive ketones (excluding diaryl/α,β-unsaturated/α-hetero) is 1. The van der Waals surface area contributed by atoms with Crippen molar-refractivity contribution >= 4 is 21.5 Å². The number of sulfone groups is 1. The number of rotatable bonds is 10. The quantitative estimate of drug-likeness (QED) is 0.238. The van der Waals surface area contributed by atoms with Crippen molar-refractivity contribution in [2.24, 2.45) is 23.6 Å². The Morgan fingerprint density at radius 3 is 2.15 bits per heavy atom. The summed E-state index contributed by atoms with van der Waals surface area (Å²) in [6.45, 7) is 0.0972.